The van der Waals surface area contributed by atoms with Crippen molar-refractivity contribution in [2.75, 3.05) is 0 Å². The molecule has 0 N–H and O–H groups in total. The van der Waals surface area contributed by atoms with Gasteiger partial charge in [0.1, 0.15) is 0 Å². The van der Waals surface area contributed by atoms with Gasteiger partial charge in [0.2, 0.25) is 5.13 Å². The normalized spacial score (nSPS) is 11.2. The SMILES string of the molecule is O=[N+]([O-])c1cccc(/C=N/c2nc3ccccc3s2)c1. The Balaban J connectivity index is 1.89. The van der Waals surface area contributed by atoms with Crippen LogP contribution in [-0.2, 0) is 0 Å². The summed E-state index contributed by atoms with van der Waals surface area (Å²) in [5.41, 5.74) is 1.64. The number of fused-ring (bicyclic) bond motifs is 1. The number of non-ortho nitro benzene ring substituents is 1. The molecule has 2 aromatic carbocycles. The van der Waals surface area contributed by atoms with Crippen LogP contribution in [0.15, 0.2) is 53.5 Å². The molecule has 0 bridgehead atoms. The monoisotopic (exact) mass is 283 g/mol. The number of benzene rings is 2. The van der Waals surface area contributed by atoms with Crippen molar-refractivity contribution in [2.24, 2.45) is 4.99 Å². The highest BCUT2D eigenvalue weighted by Crippen LogP contribution is 2.27. The molecule has 0 aliphatic carbocycles. The van der Waals surface area contributed by atoms with Crippen molar-refractivity contribution in [2.45, 2.75) is 0 Å². The summed E-state index contributed by atoms with van der Waals surface area (Å²) in [4.78, 5) is 18.9. The van der Waals surface area contributed by atoms with Crippen LogP contribution in [0.25, 0.3) is 10.2 Å². The predicted octanol–water partition coefficient (Wildman–Crippen LogP) is 3.96. The van der Waals surface area contributed by atoms with Crippen molar-refractivity contribution in [1.29, 1.82) is 0 Å². The van der Waals surface area contributed by atoms with Crippen LogP contribution in [0.5, 0.6) is 0 Å². The zero-order chi connectivity index (χ0) is 13.9. The highest BCUT2D eigenvalue weighted by Gasteiger charge is 2.04. The quantitative estimate of drug-likeness (QED) is 0.415. The van der Waals surface area contributed by atoms with E-state index in [4.69, 9.17) is 0 Å². The van der Waals surface area contributed by atoms with Crippen LogP contribution < -0.4 is 0 Å². The first-order valence-electron chi connectivity index (χ1n) is 5.86. The van der Waals surface area contributed by atoms with Crippen LogP contribution in [0.3, 0.4) is 0 Å². The van der Waals surface area contributed by atoms with Crippen molar-refractivity contribution < 1.29 is 4.92 Å². The van der Waals surface area contributed by atoms with Gasteiger partial charge < -0.3 is 0 Å². The fourth-order valence-electron chi connectivity index (χ4n) is 1.76. The molecule has 0 amide bonds. The van der Waals surface area contributed by atoms with Gasteiger partial charge in [0, 0.05) is 18.3 Å². The Hall–Kier alpha value is -2.60. The standard InChI is InChI=1S/C14H9N3O2S/c18-17(19)11-5-3-4-10(8-11)9-15-14-16-12-6-1-2-7-13(12)20-14/h1-9H/b15-9+. The first kappa shape index (κ1) is 12.4. The topological polar surface area (TPSA) is 68.4 Å². The Morgan fingerprint density at radius 1 is 1.20 bits per heavy atom. The lowest BCUT2D eigenvalue weighted by atomic mass is 10.2. The summed E-state index contributed by atoms with van der Waals surface area (Å²) in [7, 11) is 0. The van der Waals surface area contributed by atoms with Gasteiger partial charge in [-0.15, -0.1) is 0 Å². The maximum absolute atomic E-state index is 10.7. The Labute approximate surface area is 118 Å². The summed E-state index contributed by atoms with van der Waals surface area (Å²) in [6, 6.07) is 14.1. The minimum atomic E-state index is -0.422. The van der Waals surface area contributed by atoms with E-state index in [1.54, 1.807) is 18.3 Å². The van der Waals surface area contributed by atoms with Gasteiger partial charge in [-0.05, 0) is 17.7 Å². The van der Waals surface area contributed by atoms with Gasteiger partial charge in [-0.1, -0.05) is 35.6 Å². The molecule has 5 nitrogen and oxygen atoms in total. The molecule has 3 rings (SSSR count). The maximum atomic E-state index is 10.7. The molecule has 0 aliphatic heterocycles. The maximum Gasteiger partial charge on any atom is 0.270 e. The second kappa shape index (κ2) is 5.18. The molecule has 0 saturated carbocycles. The van der Waals surface area contributed by atoms with E-state index < -0.39 is 4.92 Å². The van der Waals surface area contributed by atoms with Gasteiger partial charge in [0.25, 0.3) is 5.69 Å². The number of hydrogen-bond donors (Lipinski definition) is 0. The number of hydrogen-bond acceptors (Lipinski definition) is 5. The second-order valence-electron chi connectivity index (χ2n) is 4.07. The number of nitro benzene ring substituents is 1. The molecule has 3 aromatic rings. The fourth-order valence-corrected chi connectivity index (χ4v) is 2.57. The Bertz CT molecular complexity index is 778. The molecule has 0 atom stereocenters. The van der Waals surface area contributed by atoms with Gasteiger partial charge in [-0.2, -0.15) is 0 Å². The third-order valence-electron chi connectivity index (χ3n) is 2.69. The van der Waals surface area contributed by atoms with E-state index in [9.17, 15) is 10.1 Å². The van der Waals surface area contributed by atoms with Crippen molar-refractivity contribution in [3.8, 4) is 0 Å². The molecule has 1 heterocycles. The smallest absolute Gasteiger partial charge is 0.258 e. The summed E-state index contributed by atoms with van der Waals surface area (Å²) in [5, 5.41) is 11.3. The number of nitrogens with zero attached hydrogens (tertiary/aromatic N) is 3. The minimum absolute atomic E-state index is 0.0539. The molecular formula is C14H9N3O2S. The van der Waals surface area contributed by atoms with E-state index in [0.717, 1.165) is 10.2 Å². The lowest BCUT2D eigenvalue weighted by molar-refractivity contribution is -0.384. The third-order valence-corrected chi connectivity index (χ3v) is 3.63. The van der Waals surface area contributed by atoms with E-state index in [0.29, 0.717) is 10.7 Å². The summed E-state index contributed by atoms with van der Waals surface area (Å²) >= 11 is 1.48. The van der Waals surface area contributed by atoms with Crippen molar-refractivity contribution >= 4 is 38.6 Å². The van der Waals surface area contributed by atoms with E-state index in [2.05, 4.69) is 9.98 Å². The minimum Gasteiger partial charge on any atom is -0.258 e. The van der Waals surface area contributed by atoms with Gasteiger partial charge in [-0.25, -0.2) is 9.98 Å². The molecule has 0 unspecified atom stereocenters. The van der Waals surface area contributed by atoms with Crippen LogP contribution in [0.2, 0.25) is 0 Å². The van der Waals surface area contributed by atoms with Gasteiger partial charge in [0.05, 0.1) is 15.1 Å². The van der Waals surface area contributed by atoms with Crippen molar-refractivity contribution in [3.05, 3.63) is 64.2 Å². The molecule has 0 spiro atoms. The Morgan fingerprint density at radius 3 is 2.85 bits per heavy atom. The first-order chi connectivity index (χ1) is 9.72. The number of nitro groups is 1. The largest absolute Gasteiger partial charge is 0.270 e. The van der Waals surface area contributed by atoms with Crippen LogP contribution in [0.1, 0.15) is 5.56 Å². The molecule has 0 fully saturated rings. The molecule has 1 aromatic heterocycles. The highest BCUT2D eigenvalue weighted by atomic mass is 32.1. The van der Waals surface area contributed by atoms with Crippen LogP contribution in [0.4, 0.5) is 10.8 Å². The Kier molecular flexibility index (Phi) is 3.22. The second-order valence-corrected chi connectivity index (χ2v) is 5.08. The average molecular weight is 283 g/mol. The summed E-state index contributed by atoms with van der Waals surface area (Å²) in [5.74, 6) is 0. The van der Waals surface area contributed by atoms with Crippen molar-refractivity contribution in [1.82, 2.24) is 4.98 Å². The highest BCUT2D eigenvalue weighted by molar-refractivity contribution is 7.22. The first-order valence-corrected chi connectivity index (χ1v) is 6.68. The van der Waals surface area contributed by atoms with Crippen LogP contribution in [0, 0.1) is 10.1 Å². The zero-order valence-corrected chi connectivity index (χ0v) is 11.1. The summed E-state index contributed by atoms with van der Waals surface area (Å²) < 4.78 is 1.07. The van der Waals surface area contributed by atoms with E-state index in [1.807, 2.05) is 24.3 Å². The summed E-state index contributed by atoms with van der Waals surface area (Å²) in [6.45, 7) is 0. The fraction of sp³-hybridized carbons (Fsp3) is 0. The lowest BCUT2D eigenvalue weighted by Gasteiger charge is -1.92. The van der Waals surface area contributed by atoms with Gasteiger partial charge >= 0.3 is 0 Å². The number of aliphatic imine (C=N–C) groups is 1. The van der Waals surface area contributed by atoms with Crippen LogP contribution in [-0.4, -0.2) is 16.1 Å². The number of rotatable bonds is 3. The number of para-hydroxylation sites is 1. The number of thiazole rings is 1. The van der Waals surface area contributed by atoms with Gasteiger partial charge in [-0.3, -0.25) is 10.1 Å². The van der Waals surface area contributed by atoms with E-state index in [-0.39, 0.29) is 5.69 Å². The molecule has 20 heavy (non-hydrogen) atoms. The molecular weight excluding hydrogens is 274 g/mol. The molecule has 6 heteroatoms. The van der Waals surface area contributed by atoms with Gasteiger partial charge in [0.15, 0.2) is 0 Å². The average Bonchev–Trinajstić information content (AvgIpc) is 2.88. The van der Waals surface area contributed by atoms with E-state index in [1.165, 1.54) is 23.5 Å². The lowest BCUT2D eigenvalue weighted by Crippen LogP contribution is -1.89. The van der Waals surface area contributed by atoms with Crippen LogP contribution >= 0.6 is 11.3 Å². The third kappa shape index (κ3) is 2.55. The molecule has 0 aliphatic rings. The zero-order valence-electron chi connectivity index (χ0n) is 10.3. The predicted molar refractivity (Wildman–Crippen MR) is 80.0 cm³/mol. The molecule has 0 radical (unpaired) electrons. The molecule has 0 saturated heterocycles. The Morgan fingerprint density at radius 2 is 2.05 bits per heavy atom. The summed E-state index contributed by atoms with van der Waals surface area (Å²) in [6.07, 6.45) is 1.59. The van der Waals surface area contributed by atoms with E-state index >= 15 is 0 Å². The number of aromatic nitrogens is 1. The molecule has 98 valence electrons. The van der Waals surface area contributed by atoms with Crippen molar-refractivity contribution in [3.63, 3.8) is 0 Å².